The van der Waals surface area contributed by atoms with Crippen molar-refractivity contribution in [2.24, 2.45) is 0 Å². The topological polar surface area (TPSA) is 12.0 Å². The smallest absolute Gasteiger partial charge is 0.123 e. The summed E-state index contributed by atoms with van der Waals surface area (Å²) < 4.78 is 14.2. The van der Waals surface area contributed by atoms with Gasteiger partial charge < -0.3 is 5.32 Å². The van der Waals surface area contributed by atoms with E-state index in [0.29, 0.717) is 0 Å². The lowest BCUT2D eigenvalue weighted by atomic mass is 10.0. The van der Waals surface area contributed by atoms with Crippen molar-refractivity contribution >= 4 is 15.9 Å². The van der Waals surface area contributed by atoms with Gasteiger partial charge in [0.1, 0.15) is 5.82 Å². The molecule has 2 aromatic carbocycles. The highest BCUT2D eigenvalue weighted by atomic mass is 79.9. The maximum Gasteiger partial charge on any atom is 0.123 e. The standard InChI is InChI=1S/C17H19BrFN/c1-12(10-14-4-3-5-17(19)11-14)20-13(2)15-6-8-16(18)9-7-15/h3-9,11-13,20H,10H2,1-2H3/t12?,13-/m1/s1. The van der Waals surface area contributed by atoms with Crippen molar-refractivity contribution in [3.05, 3.63) is 69.9 Å². The van der Waals surface area contributed by atoms with E-state index in [2.05, 4.69) is 47.2 Å². The summed E-state index contributed by atoms with van der Waals surface area (Å²) in [4.78, 5) is 0. The van der Waals surface area contributed by atoms with Crippen LogP contribution in [0.3, 0.4) is 0 Å². The van der Waals surface area contributed by atoms with Crippen LogP contribution in [0.4, 0.5) is 4.39 Å². The van der Waals surface area contributed by atoms with Gasteiger partial charge in [-0.25, -0.2) is 4.39 Å². The fraction of sp³-hybridized carbons (Fsp3) is 0.294. The zero-order valence-corrected chi connectivity index (χ0v) is 13.3. The molecule has 0 spiro atoms. The van der Waals surface area contributed by atoms with Crippen LogP contribution < -0.4 is 5.32 Å². The molecular weight excluding hydrogens is 317 g/mol. The van der Waals surface area contributed by atoms with Crippen molar-refractivity contribution < 1.29 is 4.39 Å². The second-order valence-electron chi connectivity index (χ2n) is 5.17. The third-order valence-electron chi connectivity index (χ3n) is 3.34. The number of halogens is 2. The monoisotopic (exact) mass is 335 g/mol. The third kappa shape index (κ3) is 4.43. The van der Waals surface area contributed by atoms with Gasteiger partial charge in [-0.2, -0.15) is 0 Å². The van der Waals surface area contributed by atoms with E-state index in [1.165, 1.54) is 11.6 Å². The van der Waals surface area contributed by atoms with Crippen molar-refractivity contribution in [2.75, 3.05) is 0 Å². The van der Waals surface area contributed by atoms with Crippen LogP contribution in [0.25, 0.3) is 0 Å². The predicted molar refractivity (Wildman–Crippen MR) is 85.3 cm³/mol. The van der Waals surface area contributed by atoms with E-state index in [1.54, 1.807) is 12.1 Å². The first-order valence-corrected chi connectivity index (χ1v) is 7.60. The fourth-order valence-electron chi connectivity index (χ4n) is 2.35. The lowest BCUT2D eigenvalue weighted by Gasteiger charge is -2.20. The Kier molecular flexibility index (Phi) is 5.32. The van der Waals surface area contributed by atoms with Crippen LogP contribution in [0, 0.1) is 5.82 Å². The van der Waals surface area contributed by atoms with Crippen LogP contribution in [0.1, 0.15) is 31.0 Å². The minimum atomic E-state index is -0.171. The Morgan fingerprint density at radius 2 is 1.80 bits per heavy atom. The van der Waals surface area contributed by atoms with Gasteiger partial charge in [0.2, 0.25) is 0 Å². The van der Waals surface area contributed by atoms with E-state index in [0.717, 1.165) is 16.5 Å². The van der Waals surface area contributed by atoms with E-state index in [1.807, 2.05) is 18.2 Å². The fourth-order valence-corrected chi connectivity index (χ4v) is 2.62. The Balaban J connectivity index is 1.93. The second-order valence-corrected chi connectivity index (χ2v) is 6.09. The molecule has 2 rings (SSSR count). The SMILES string of the molecule is CC(Cc1cccc(F)c1)N[C@H](C)c1ccc(Br)cc1. The molecule has 2 atom stereocenters. The summed E-state index contributed by atoms with van der Waals surface area (Å²) in [5, 5.41) is 3.55. The zero-order valence-electron chi connectivity index (χ0n) is 11.7. The van der Waals surface area contributed by atoms with Gasteiger partial charge in [0.25, 0.3) is 0 Å². The molecule has 0 saturated heterocycles. The van der Waals surface area contributed by atoms with E-state index < -0.39 is 0 Å². The summed E-state index contributed by atoms with van der Waals surface area (Å²) in [5.74, 6) is -0.171. The van der Waals surface area contributed by atoms with Crippen molar-refractivity contribution in [3.63, 3.8) is 0 Å². The normalized spacial score (nSPS) is 14.0. The highest BCUT2D eigenvalue weighted by Gasteiger charge is 2.10. The molecule has 0 saturated carbocycles. The van der Waals surface area contributed by atoms with Crippen molar-refractivity contribution in [1.29, 1.82) is 0 Å². The quantitative estimate of drug-likeness (QED) is 0.821. The first-order chi connectivity index (χ1) is 9.54. The number of nitrogens with one attached hydrogen (secondary N) is 1. The molecule has 0 heterocycles. The summed E-state index contributed by atoms with van der Waals surface area (Å²) in [7, 11) is 0. The van der Waals surface area contributed by atoms with Gasteiger partial charge in [-0.05, 0) is 55.7 Å². The lowest BCUT2D eigenvalue weighted by Crippen LogP contribution is -2.30. The molecule has 0 amide bonds. The Labute approximate surface area is 128 Å². The summed E-state index contributed by atoms with van der Waals surface area (Å²) in [6.45, 7) is 4.27. The molecule has 0 aromatic heterocycles. The van der Waals surface area contributed by atoms with Gasteiger partial charge in [0.05, 0.1) is 0 Å². The molecule has 1 unspecified atom stereocenters. The van der Waals surface area contributed by atoms with Crippen LogP contribution in [-0.4, -0.2) is 6.04 Å². The lowest BCUT2D eigenvalue weighted by molar-refractivity contribution is 0.476. The van der Waals surface area contributed by atoms with E-state index in [4.69, 9.17) is 0 Å². The minimum absolute atomic E-state index is 0.171. The van der Waals surface area contributed by atoms with E-state index >= 15 is 0 Å². The van der Waals surface area contributed by atoms with Crippen LogP contribution >= 0.6 is 15.9 Å². The molecule has 1 N–H and O–H groups in total. The van der Waals surface area contributed by atoms with Crippen molar-refractivity contribution in [1.82, 2.24) is 5.32 Å². The molecule has 20 heavy (non-hydrogen) atoms. The van der Waals surface area contributed by atoms with E-state index in [9.17, 15) is 4.39 Å². The average molecular weight is 336 g/mol. The van der Waals surface area contributed by atoms with Crippen molar-refractivity contribution in [2.45, 2.75) is 32.4 Å². The Morgan fingerprint density at radius 3 is 2.45 bits per heavy atom. The predicted octanol–water partition coefficient (Wildman–Crippen LogP) is 4.87. The molecule has 0 aliphatic rings. The molecule has 1 nitrogen and oxygen atoms in total. The molecular formula is C17H19BrFN. The molecule has 0 fully saturated rings. The largest absolute Gasteiger partial charge is 0.307 e. The maximum absolute atomic E-state index is 13.2. The van der Waals surface area contributed by atoms with Gasteiger partial charge in [-0.3, -0.25) is 0 Å². The summed E-state index contributed by atoms with van der Waals surface area (Å²) >= 11 is 3.44. The van der Waals surface area contributed by atoms with Crippen molar-refractivity contribution in [3.8, 4) is 0 Å². The van der Waals surface area contributed by atoms with Crippen LogP contribution in [-0.2, 0) is 6.42 Å². The molecule has 0 bridgehead atoms. The first kappa shape index (κ1) is 15.2. The molecule has 3 heteroatoms. The number of benzene rings is 2. The third-order valence-corrected chi connectivity index (χ3v) is 3.86. The highest BCUT2D eigenvalue weighted by molar-refractivity contribution is 9.10. The highest BCUT2D eigenvalue weighted by Crippen LogP contribution is 2.17. The number of hydrogen-bond donors (Lipinski definition) is 1. The van der Waals surface area contributed by atoms with Gasteiger partial charge >= 0.3 is 0 Å². The summed E-state index contributed by atoms with van der Waals surface area (Å²) in [6.07, 6.45) is 0.818. The minimum Gasteiger partial charge on any atom is -0.307 e. The first-order valence-electron chi connectivity index (χ1n) is 6.80. The Bertz CT molecular complexity index is 553. The molecule has 106 valence electrons. The molecule has 2 aromatic rings. The molecule has 0 radical (unpaired) electrons. The van der Waals surface area contributed by atoms with E-state index in [-0.39, 0.29) is 17.9 Å². The van der Waals surface area contributed by atoms with Gasteiger partial charge in [-0.1, -0.05) is 40.2 Å². The van der Waals surface area contributed by atoms with Gasteiger partial charge in [0, 0.05) is 16.6 Å². The Morgan fingerprint density at radius 1 is 1.10 bits per heavy atom. The van der Waals surface area contributed by atoms with Crippen LogP contribution in [0.15, 0.2) is 53.0 Å². The summed E-state index contributed by atoms with van der Waals surface area (Å²) in [6, 6.07) is 15.7. The van der Waals surface area contributed by atoms with Gasteiger partial charge in [0.15, 0.2) is 0 Å². The Hall–Kier alpha value is -1.19. The molecule has 0 aliphatic carbocycles. The van der Waals surface area contributed by atoms with Crippen LogP contribution in [0.2, 0.25) is 0 Å². The van der Waals surface area contributed by atoms with Gasteiger partial charge in [-0.15, -0.1) is 0 Å². The van der Waals surface area contributed by atoms with Crippen LogP contribution in [0.5, 0.6) is 0 Å². The maximum atomic E-state index is 13.2. The summed E-state index contributed by atoms with van der Waals surface area (Å²) in [5.41, 5.74) is 2.27. The number of hydrogen-bond acceptors (Lipinski definition) is 1. The number of rotatable bonds is 5. The second kappa shape index (κ2) is 7.00. The average Bonchev–Trinajstić information content (AvgIpc) is 2.39. The molecule has 0 aliphatic heterocycles. The zero-order chi connectivity index (χ0) is 14.5.